The fourth-order valence-corrected chi connectivity index (χ4v) is 2.88. The highest BCUT2D eigenvalue weighted by atomic mass is 16.2. The molecule has 0 spiro atoms. The van der Waals surface area contributed by atoms with E-state index in [9.17, 15) is 9.59 Å². The molecule has 0 bridgehead atoms. The van der Waals surface area contributed by atoms with Crippen LogP contribution in [0.3, 0.4) is 0 Å². The van der Waals surface area contributed by atoms with Crippen LogP contribution in [0.5, 0.6) is 0 Å². The molecule has 23 heavy (non-hydrogen) atoms. The average molecular weight is 309 g/mol. The van der Waals surface area contributed by atoms with E-state index in [0.29, 0.717) is 11.3 Å². The minimum absolute atomic E-state index is 0.0327. The van der Waals surface area contributed by atoms with Crippen LogP contribution in [-0.2, 0) is 0 Å². The number of carbonyl (C=O) groups is 2. The van der Waals surface area contributed by atoms with E-state index in [1.165, 1.54) is 0 Å². The number of urea groups is 1. The molecule has 1 aliphatic rings. The Hall–Kier alpha value is -2.82. The van der Waals surface area contributed by atoms with Crippen LogP contribution in [-0.4, -0.2) is 29.9 Å². The normalized spacial score (nSPS) is 13.8. The quantitative estimate of drug-likeness (QED) is 0.914. The summed E-state index contributed by atoms with van der Waals surface area (Å²) in [6, 6.07) is 14.3. The molecule has 5 heteroatoms. The third-order valence-electron chi connectivity index (χ3n) is 4.00. The van der Waals surface area contributed by atoms with Crippen molar-refractivity contribution in [3.8, 4) is 11.1 Å². The highest BCUT2D eigenvalue weighted by Crippen LogP contribution is 2.30. The van der Waals surface area contributed by atoms with Crippen LogP contribution in [0.2, 0.25) is 0 Å². The predicted molar refractivity (Wildman–Crippen MR) is 90.2 cm³/mol. The van der Waals surface area contributed by atoms with Gasteiger partial charge in [0.15, 0.2) is 0 Å². The second kappa shape index (κ2) is 6.52. The summed E-state index contributed by atoms with van der Waals surface area (Å²) < 4.78 is 0. The van der Waals surface area contributed by atoms with Gasteiger partial charge in [-0.15, -0.1) is 0 Å². The molecule has 0 aromatic heterocycles. The maximum absolute atomic E-state index is 12.6. The third kappa shape index (κ3) is 3.34. The summed E-state index contributed by atoms with van der Waals surface area (Å²) in [6.07, 6.45) is 2.11. The molecule has 0 saturated carbocycles. The van der Waals surface area contributed by atoms with Crippen molar-refractivity contribution >= 4 is 17.6 Å². The molecular formula is C18H19N3O2. The van der Waals surface area contributed by atoms with Crippen molar-refractivity contribution in [2.24, 2.45) is 5.73 Å². The molecule has 1 fully saturated rings. The number of nitrogens with one attached hydrogen (secondary N) is 1. The third-order valence-corrected chi connectivity index (χ3v) is 4.00. The van der Waals surface area contributed by atoms with Crippen LogP contribution in [0.25, 0.3) is 11.1 Å². The molecule has 3 amide bonds. The molecule has 1 aliphatic heterocycles. The van der Waals surface area contributed by atoms with Crippen molar-refractivity contribution < 1.29 is 9.59 Å². The number of carbonyl (C=O) groups excluding carboxylic acids is 2. The predicted octanol–water partition coefficient (Wildman–Crippen LogP) is 3.08. The fraction of sp³-hybridized carbons (Fsp3) is 0.222. The lowest BCUT2D eigenvalue weighted by molar-refractivity contribution is 0.0793. The van der Waals surface area contributed by atoms with Gasteiger partial charge in [-0.3, -0.25) is 4.79 Å². The van der Waals surface area contributed by atoms with Crippen LogP contribution < -0.4 is 11.1 Å². The minimum Gasteiger partial charge on any atom is -0.351 e. The summed E-state index contributed by atoms with van der Waals surface area (Å²) in [6.45, 7) is 1.61. The smallest absolute Gasteiger partial charge is 0.316 e. The first-order valence-electron chi connectivity index (χ1n) is 7.70. The van der Waals surface area contributed by atoms with Gasteiger partial charge < -0.3 is 16.0 Å². The summed E-state index contributed by atoms with van der Waals surface area (Å²) in [5, 5.41) is 2.62. The second-order valence-electron chi connectivity index (χ2n) is 5.61. The zero-order valence-electron chi connectivity index (χ0n) is 12.8. The van der Waals surface area contributed by atoms with E-state index in [1.54, 1.807) is 12.1 Å². The van der Waals surface area contributed by atoms with E-state index in [1.807, 2.05) is 41.3 Å². The van der Waals surface area contributed by atoms with Gasteiger partial charge in [-0.1, -0.05) is 30.3 Å². The second-order valence-corrected chi connectivity index (χ2v) is 5.61. The highest BCUT2D eigenvalue weighted by molar-refractivity contribution is 5.99. The molecule has 0 atom stereocenters. The number of hydrogen-bond acceptors (Lipinski definition) is 2. The molecule has 0 unspecified atom stereocenters. The number of nitrogens with zero attached hydrogens (tertiary/aromatic N) is 1. The minimum atomic E-state index is -0.624. The number of hydrogen-bond donors (Lipinski definition) is 2. The first-order chi connectivity index (χ1) is 11.1. The van der Waals surface area contributed by atoms with Crippen molar-refractivity contribution in [1.29, 1.82) is 0 Å². The van der Waals surface area contributed by atoms with E-state index in [-0.39, 0.29) is 5.91 Å². The van der Waals surface area contributed by atoms with E-state index < -0.39 is 6.03 Å². The van der Waals surface area contributed by atoms with Crippen LogP contribution in [0.4, 0.5) is 10.5 Å². The number of benzene rings is 2. The van der Waals surface area contributed by atoms with Gasteiger partial charge in [0.05, 0.1) is 5.69 Å². The van der Waals surface area contributed by atoms with Gasteiger partial charge >= 0.3 is 6.03 Å². The molecule has 0 aliphatic carbocycles. The van der Waals surface area contributed by atoms with Crippen LogP contribution >= 0.6 is 0 Å². The summed E-state index contributed by atoms with van der Waals surface area (Å²) >= 11 is 0. The SMILES string of the molecule is NC(=O)Nc1ccc(C(=O)N2CCCC2)cc1-c1ccccc1. The Kier molecular flexibility index (Phi) is 4.28. The molecule has 3 rings (SSSR count). The zero-order valence-corrected chi connectivity index (χ0v) is 12.8. The van der Waals surface area contributed by atoms with Crippen LogP contribution in [0.1, 0.15) is 23.2 Å². The van der Waals surface area contributed by atoms with Gasteiger partial charge in [-0.2, -0.15) is 0 Å². The summed E-state index contributed by atoms with van der Waals surface area (Å²) in [4.78, 5) is 25.7. The van der Waals surface area contributed by atoms with E-state index in [0.717, 1.165) is 37.1 Å². The maximum atomic E-state index is 12.6. The molecule has 0 radical (unpaired) electrons. The van der Waals surface area contributed by atoms with Crippen molar-refractivity contribution in [2.45, 2.75) is 12.8 Å². The number of primary amides is 1. The Morgan fingerprint density at radius 2 is 1.70 bits per heavy atom. The summed E-state index contributed by atoms with van der Waals surface area (Å²) in [7, 11) is 0. The summed E-state index contributed by atoms with van der Waals surface area (Å²) in [5.74, 6) is 0.0327. The Balaban J connectivity index is 2.00. The van der Waals surface area contributed by atoms with Gasteiger partial charge in [0.1, 0.15) is 0 Å². The molecule has 2 aromatic carbocycles. The Morgan fingerprint density at radius 3 is 2.35 bits per heavy atom. The van der Waals surface area contributed by atoms with E-state index in [2.05, 4.69) is 5.32 Å². The number of anilines is 1. The van der Waals surface area contributed by atoms with Crippen molar-refractivity contribution in [2.75, 3.05) is 18.4 Å². The fourth-order valence-electron chi connectivity index (χ4n) is 2.88. The standard InChI is InChI=1S/C18H19N3O2/c19-18(23)20-16-9-8-14(17(22)21-10-4-5-11-21)12-15(16)13-6-2-1-3-7-13/h1-3,6-9,12H,4-5,10-11H2,(H3,19,20,23). The molecule has 5 nitrogen and oxygen atoms in total. The van der Waals surface area contributed by atoms with Gasteiger partial charge in [0.25, 0.3) is 5.91 Å². The number of nitrogens with two attached hydrogens (primary N) is 1. The van der Waals surface area contributed by atoms with Gasteiger partial charge in [0, 0.05) is 24.2 Å². The molecule has 1 saturated heterocycles. The van der Waals surface area contributed by atoms with E-state index >= 15 is 0 Å². The molecular weight excluding hydrogens is 290 g/mol. The monoisotopic (exact) mass is 309 g/mol. The van der Waals surface area contributed by atoms with Crippen molar-refractivity contribution in [1.82, 2.24) is 4.90 Å². The van der Waals surface area contributed by atoms with Crippen molar-refractivity contribution in [3.05, 3.63) is 54.1 Å². The lowest BCUT2D eigenvalue weighted by Crippen LogP contribution is -2.27. The van der Waals surface area contributed by atoms with Crippen molar-refractivity contribution in [3.63, 3.8) is 0 Å². The average Bonchev–Trinajstić information content (AvgIpc) is 3.09. The molecule has 2 aromatic rings. The largest absolute Gasteiger partial charge is 0.351 e. The van der Waals surface area contributed by atoms with E-state index in [4.69, 9.17) is 5.73 Å². The van der Waals surface area contributed by atoms with Gasteiger partial charge in [-0.05, 0) is 36.6 Å². The Bertz CT molecular complexity index is 722. The first kappa shape index (κ1) is 15.1. The number of likely N-dealkylation sites (tertiary alicyclic amines) is 1. The summed E-state index contributed by atoms with van der Waals surface area (Å²) in [5.41, 5.74) is 8.18. The molecule has 3 N–H and O–H groups in total. The van der Waals surface area contributed by atoms with Crippen LogP contribution in [0, 0.1) is 0 Å². The lowest BCUT2D eigenvalue weighted by atomic mass is 10.0. The molecule has 118 valence electrons. The Morgan fingerprint density at radius 1 is 1.00 bits per heavy atom. The topological polar surface area (TPSA) is 75.4 Å². The zero-order chi connectivity index (χ0) is 16.2. The van der Waals surface area contributed by atoms with Gasteiger partial charge in [0.2, 0.25) is 0 Å². The molecule has 1 heterocycles. The number of rotatable bonds is 3. The highest BCUT2D eigenvalue weighted by Gasteiger charge is 2.20. The number of amides is 3. The maximum Gasteiger partial charge on any atom is 0.316 e. The first-order valence-corrected chi connectivity index (χ1v) is 7.70. The van der Waals surface area contributed by atoms with Gasteiger partial charge in [-0.25, -0.2) is 4.79 Å². The lowest BCUT2D eigenvalue weighted by Gasteiger charge is -2.17. The van der Waals surface area contributed by atoms with Crippen LogP contribution in [0.15, 0.2) is 48.5 Å². The Labute approximate surface area is 135 Å².